The van der Waals surface area contributed by atoms with Crippen LogP contribution in [-0.2, 0) is 19.5 Å². The Balaban J connectivity index is 1.34. The van der Waals surface area contributed by atoms with E-state index in [1.807, 2.05) is 22.9 Å². The van der Waals surface area contributed by atoms with Gasteiger partial charge in [0.1, 0.15) is 0 Å². The minimum absolute atomic E-state index is 0.291. The Morgan fingerprint density at radius 2 is 2.33 bits per heavy atom. The zero-order valence-electron chi connectivity index (χ0n) is 13.3. The Morgan fingerprint density at radius 1 is 1.42 bits per heavy atom. The number of nitrogens with two attached hydrogens (primary N) is 1. The van der Waals surface area contributed by atoms with Crippen molar-refractivity contribution in [3.63, 3.8) is 0 Å². The SMILES string of the molecule is NC(=O)c1cnn2c1CCC(CNCc1cccc3c1OCO3)C2. The second kappa shape index (κ2) is 6.16. The standard InChI is InChI=1S/C17H20N4O3/c18-17(22)13-8-20-21-9-11(4-5-14(13)21)6-19-7-12-2-1-3-15-16(12)24-10-23-15/h1-3,8,11,19H,4-7,9-10H2,(H2,18,22). The van der Waals surface area contributed by atoms with E-state index in [-0.39, 0.29) is 0 Å². The number of nitrogens with zero attached hydrogens (tertiary/aromatic N) is 2. The first kappa shape index (κ1) is 15.0. The van der Waals surface area contributed by atoms with Crippen molar-refractivity contribution in [2.24, 2.45) is 11.7 Å². The second-order valence-corrected chi connectivity index (χ2v) is 6.24. The van der Waals surface area contributed by atoms with Crippen molar-refractivity contribution in [1.82, 2.24) is 15.1 Å². The summed E-state index contributed by atoms with van der Waals surface area (Å²) < 4.78 is 12.8. The molecular formula is C17H20N4O3. The highest BCUT2D eigenvalue weighted by molar-refractivity contribution is 5.93. The molecule has 1 aromatic carbocycles. The van der Waals surface area contributed by atoms with Gasteiger partial charge in [0.15, 0.2) is 11.5 Å². The molecule has 126 valence electrons. The Labute approximate surface area is 139 Å². The lowest BCUT2D eigenvalue weighted by atomic mass is 9.96. The molecule has 1 unspecified atom stereocenters. The number of nitrogens with one attached hydrogen (secondary N) is 1. The maximum Gasteiger partial charge on any atom is 0.252 e. The van der Waals surface area contributed by atoms with Gasteiger partial charge < -0.3 is 20.5 Å². The van der Waals surface area contributed by atoms with Gasteiger partial charge in [0.25, 0.3) is 5.91 Å². The van der Waals surface area contributed by atoms with Crippen LogP contribution in [0.4, 0.5) is 0 Å². The summed E-state index contributed by atoms with van der Waals surface area (Å²) in [6, 6.07) is 5.95. The monoisotopic (exact) mass is 328 g/mol. The zero-order chi connectivity index (χ0) is 16.5. The molecule has 0 radical (unpaired) electrons. The molecule has 1 amide bonds. The predicted molar refractivity (Wildman–Crippen MR) is 86.8 cm³/mol. The number of primary amides is 1. The van der Waals surface area contributed by atoms with E-state index in [9.17, 15) is 4.79 Å². The average Bonchev–Trinajstić information content (AvgIpc) is 3.21. The summed E-state index contributed by atoms with van der Waals surface area (Å²) in [5, 5.41) is 7.79. The van der Waals surface area contributed by atoms with Crippen molar-refractivity contribution in [1.29, 1.82) is 0 Å². The van der Waals surface area contributed by atoms with Crippen LogP contribution in [0.1, 0.15) is 28.0 Å². The third-order valence-corrected chi connectivity index (χ3v) is 4.66. The molecule has 0 saturated carbocycles. The highest BCUT2D eigenvalue weighted by Gasteiger charge is 2.24. The molecule has 1 atom stereocenters. The lowest BCUT2D eigenvalue weighted by molar-refractivity contribution is 0.0998. The van der Waals surface area contributed by atoms with Crippen molar-refractivity contribution >= 4 is 5.91 Å². The van der Waals surface area contributed by atoms with E-state index in [0.29, 0.717) is 18.3 Å². The topological polar surface area (TPSA) is 91.4 Å². The normalized spacial score (nSPS) is 18.4. The van der Waals surface area contributed by atoms with Gasteiger partial charge in [0, 0.05) is 25.2 Å². The molecule has 0 spiro atoms. The smallest absolute Gasteiger partial charge is 0.252 e. The highest BCUT2D eigenvalue weighted by atomic mass is 16.7. The van der Waals surface area contributed by atoms with Crippen molar-refractivity contribution in [2.75, 3.05) is 13.3 Å². The number of aromatic nitrogens is 2. The first-order valence-electron chi connectivity index (χ1n) is 8.15. The maximum atomic E-state index is 11.4. The Hall–Kier alpha value is -2.54. The lowest BCUT2D eigenvalue weighted by Crippen LogP contribution is -2.31. The predicted octanol–water partition coefficient (Wildman–Crippen LogP) is 1.06. The molecule has 3 heterocycles. The molecule has 7 heteroatoms. The molecule has 2 aromatic rings. The van der Waals surface area contributed by atoms with Gasteiger partial charge in [-0.25, -0.2) is 0 Å². The quantitative estimate of drug-likeness (QED) is 0.856. The van der Waals surface area contributed by atoms with E-state index < -0.39 is 5.91 Å². The van der Waals surface area contributed by atoms with E-state index in [0.717, 1.165) is 55.2 Å². The highest BCUT2D eigenvalue weighted by Crippen LogP contribution is 2.35. The fourth-order valence-electron chi connectivity index (χ4n) is 3.42. The Bertz CT molecular complexity index is 771. The van der Waals surface area contributed by atoms with Crippen molar-refractivity contribution < 1.29 is 14.3 Å². The molecule has 0 bridgehead atoms. The number of hydrogen-bond acceptors (Lipinski definition) is 5. The molecule has 24 heavy (non-hydrogen) atoms. The second-order valence-electron chi connectivity index (χ2n) is 6.24. The number of para-hydroxylation sites is 1. The number of rotatable bonds is 5. The minimum atomic E-state index is -0.395. The van der Waals surface area contributed by atoms with E-state index in [4.69, 9.17) is 15.2 Å². The number of ether oxygens (including phenoxy) is 2. The third-order valence-electron chi connectivity index (χ3n) is 4.66. The number of benzene rings is 1. The van der Waals surface area contributed by atoms with Crippen LogP contribution in [0.5, 0.6) is 11.5 Å². The van der Waals surface area contributed by atoms with Gasteiger partial charge in [-0.2, -0.15) is 5.10 Å². The van der Waals surface area contributed by atoms with Gasteiger partial charge in [0.2, 0.25) is 6.79 Å². The Kier molecular flexibility index (Phi) is 3.86. The number of amides is 1. The Morgan fingerprint density at radius 3 is 3.21 bits per heavy atom. The largest absolute Gasteiger partial charge is 0.454 e. The maximum absolute atomic E-state index is 11.4. The fourth-order valence-corrected chi connectivity index (χ4v) is 3.42. The van der Waals surface area contributed by atoms with E-state index in [1.54, 1.807) is 6.20 Å². The van der Waals surface area contributed by atoms with Crippen molar-refractivity contribution in [2.45, 2.75) is 25.9 Å². The summed E-state index contributed by atoms with van der Waals surface area (Å²) in [7, 11) is 0. The molecule has 4 rings (SSSR count). The van der Waals surface area contributed by atoms with Crippen LogP contribution in [0.3, 0.4) is 0 Å². The van der Waals surface area contributed by atoms with Gasteiger partial charge in [0.05, 0.1) is 17.5 Å². The third kappa shape index (κ3) is 2.71. The summed E-state index contributed by atoms with van der Waals surface area (Å²) >= 11 is 0. The molecule has 2 aliphatic rings. The van der Waals surface area contributed by atoms with Crippen LogP contribution in [0.15, 0.2) is 24.4 Å². The van der Waals surface area contributed by atoms with Gasteiger partial charge in [-0.15, -0.1) is 0 Å². The molecule has 3 N–H and O–H groups in total. The van der Waals surface area contributed by atoms with Gasteiger partial charge in [-0.05, 0) is 24.8 Å². The van der Waals surface area contributed by atoms with Crippen LogP contribution < -0.4 is 20.5 Å². The number of fused-ring (bicyclic) bond motifs is 2. The zero-order valence-corrected chi connectivity index (χ0v) is 13.3. The van der Waals surface area contributed by atoms with Crippen LogP contribution >= 0.6 is 0 Å². The first-order chi connectivity index (χ1) is 11.7. The number of carbonyl (C=O) groups excluding carboxylic acids is 1. The van der Waals surface area contributed by atoms with Gasteiger partial charge >= 0.3 is 0 Å². The fraction of sp³-hybridized carbons (Fsp3) is 0.412. The van der Waals surface area contributed by atoms with Crippen LogP contribution in [-0.4, -0.2) is 29.0 Å². The van der Waals surface area contributed by atoms with Gasteiger partial charge in [-0.1, -0.05) is 12.1 Å². The summed E-state index contributed by atoms with van der Waals surface area (Å²) in [4.78, 5) is 11.4. The van der Waals surface area contributed by atoms with E-state index >= 15 is 0 Å². The van der Waals surface area contributed by atoms with Crippen LogP contribution in [0.25, 0.3) is 0 Å². The molecule has 2 aliphatic heterocycles. The van der Waals surface area contributed by atoms with Gasteiger partial charge in [-0.3, -0.25) is 9.48 Å². The van der Waals surface area contributed by atoms with E-state index in [2.05, 4.69) is 10.4 Å². The summed E-state index contributed by atoms with van der Waals surface area (Å²) in [6.07, 6.45) is 3.44. The molecule has 7 nitrogen and oxygen atoms in total. The molecule has 0 aliphatic carbocycles. The molecule has 0 fully saturated rings. The van der Waals surface area contributed by atoms with E-state index in [1.165, 1.54) is 0 Å². The molecular weight excluding hydrogens is 308 g/mol. The van der Waals surface area contributed by atoms with Crippen molar-refractivity contribution in [3.8, 4) is 11.5 Å². The molecule has 1 aromatic heterocycles. The number of hydrogen-bond donors (Lipinski definition) is 2. The lowest BCUT2D eigenvalue weighted by Gasteiger charge is -2.24. The van der Waals surface area contributed by atoms with Crippen LogP contribution in [0.2, 0.25) is 0 Å². The minimum Gasteiger partial charge on any atom is -0.454 e. The molecule has 0 saturated heterocycles. The summed E-state index contributed by atoms with van der Waals surface area (Å²) in [5.41, 5.74) is 8.00. The van der Waals surface area contributed by atoms with Crippen LogP contribution in [0, 0.1) is 5.92 Å². The average molecular weight is 328 g/mol. The first-order valence-corrected chi connectivity index (χ1v) is 8.15. The van der Waals surface area contributed by atoms with Crippen molar-refractivity contribution in [3.05, 3.63) is 41.2 Å². The summed E-state index contributed by atoms with van der Waals surface area (Å²) in [5.74, 6) is 1.74. The number of carbonyl (C=O) groups is 1. The summed E-state index contributed by atoms with van der Waals surface area (Å²) in [6.45, 7) is 2.72.